The fourth-order valence-electron chi connectivity index (χ4n) is 4.24. The average molecular weight is 415 g/mol. The smallest absolute Gasteiger partial charge is 0.254 e. The van der Waals surface area contributed by atoms with Gasteiger partial charge in [-0.15, -0.1) is 0 Å². The summed E-state index contributed by atoms with van der Waals surface area (Å²) in [7, 11) is 0. The van der Waals surface area contributed by atoms with E-state index in [0.717, 1.165) is 58.7 Å². The molecule has 1 saturated carbocycles. The van der Waals surface area contributed by atoms with Gasteiger partial charge in [-0.25, -0.2) is 0 Å². The minimum Gasteiger partial charge on any atom is -0.461 e. The highest BCUT2D eigenvalue weighted by atomic mass is 16.3. The number of nitrogens with zero attached hydrogens (tertiary/aromatic N) is 1. The predicted molar refractivity (Wildman–Crippen MR) is 120 cm³/mol. The van der Waals surface area contributed by atoms with Crippen LogP contribution in [-0.4, -0.2) is 23.3 Å². The third-order valence-electron chi connectivity index (χ3n) is 6.33. The van der Waals surface area contributed by atoms with Gasteiger partial charge in [-0.1, -0.05) is 24.1 Å². The lowest BCUT2D eigenvalue weighted by Crippen LogP contribution is -2.35. The molecule has 5 nitrogen and oxygen atoms in total. The van der Waals surface area contributed by atoms with Crippen LogP contribution >= 0.6 is 0 Å². The first-order valence-corrected chi connectivity index (χ1v) is 11.0. The Bertz CT molecular complexity index is 1130. The molecule has 2 aliphatic rings. The number of benzene rings is 2. The van der Waals surface area contributed by atoms with E-state index in [4.69, 9.17) is 4.42 Å². The summed E-state index contributed by atoms with van der Waals surface area (Å²) in [5, 5.41) is 3.00. The van der Waals surface area contributed by atoms with Gasteiger partial charge in [-0.3, -0.25) is 9.59 Å². The zero-order valence-corrected chi connectivity index (χ0v) is 17.7. The second kappa shape index (κ2) is 8.06. The number of hydrogen-bond donors (Lipinski definition) is 1. The predicted octanol–water partition coefficient (Wildman–Crippen LogP) is 5.19. The Morgan fingerprint density at radius 3 is 2.58 bits per heavy atom. The van der Waals surface area contributed by atoms with Crippen molar-refractivity contribution in [2.24, 2.45) is 5.92 Å². The van der Waals surface area contributed by atoms with Gasteiger partial charge in [0.2, 0.25) is 5.91 Å². The number of rotatable bonds is 4. The molecule has 0 radical (unpaired) electrons. The van der Waals surface area contributed by atoms with E-state index in [2.05, 4.69) is 5.32 Å². The lowest BCUT2D eigenvalue weighted by atomic mass is 9.85. The number of amides is 2. The highest BCUT2D eigenvalue weighted by Gasteiger charge is 2.26. The van der Waals surface area contributed by atoms with Gasteiger partial charge in [-0.05, 0) is 62.2 Å². The van der Waals surface area contributed by atoms with Gasteiger partial charge < -0.3 is 14.6 Å². The lowest BCUT2D eigenvalue weighted by molar-refractivity contribution is -0.122. The van der Waals surface area contributed by atoms with Gasteiger partial charge >= 0.3 is 0 Å². The van der Waals surface area contributed by atoms with Crippen molar-refractivity contribution in [3.05, 3.63) is 77.0 Å². The number of aryl methyl sites for hydroxylation is 1. The maximum atomic E-state index is 12.9. The number of furan rings is 1. The molecule has 0 unspecified atom stereocenters. The first-order chi connectivity index (χ1) is 15.1. The third kappa shape index (κ3) is 4.00. The molecule has 2 heterocycles. The Morgan fingerprint density at radius 1 is 1.06 bits per heavy atom. The zero-order valence-electron chi connectivity index (χ0n) is 17.7. The molecule has 2 aromatic carbocycles. The topological polar surface area (TPSA) is 62.6 Å². The summed E-state index contributed by atoms with van der Waals surface area (Å²) in [5.41, 5.74) is 4.65. The standard InChI is InChI=1S/C26H26N2O3/c1-17-4-2-7-20(14-17)26(30)28-13-12-23-21(16-28)15-24(31-23)18-8-10-22(11-9-18)27-25(29)19-5-3-6-19/h2,4,7-11,14-15,19H,3,5-6,12-13,16H2,1H3,(H,27,29). The largest absolute Gasteiger partial charge is 0.461 e. The normalized spacial score (nSPS) is 15.8. The minimum atomic E-state index is 0.0589. The van der Waals surface area contributed by atoms with Crippen LogP contribution in [0.2, 0.25) is 0 Å². The first kappa shape index (κ1) is 19.6. The summed E-state index contributed by atoms with van der Waals surface area (Å²) in [5.74, 6) is 2.09. The van der Waals surface area contributed by atoms with Crippen molar-refractivity contribution in [1.82, 2.24) is 4.90 Å². The molecule has 0 atom stereocenters. The van der Waals surface area contributed by atoms with Gasteiger partial charge in [0.1, 0.15) is 11.5 Å². The Morgan fingerprint density at radius 2 is 1.87 bits per heavy atom. The van der Waals surface area contributed by atoms with E-state index in [0.29, 0.717) is 19.5 Å². The molecule has 1 N–H and O–H groups in total. The molecule has 0 saturated heterocycles. The van der Waals surface area contributed by atoms with Crippen LogP contribution in [0, 0.1) is 12.8 Å². The molecule has 158 valence electrons. The van der Waals surface area contributed by atoms with Crippen LogP contribution in [0.5, 0.6) is 0 Å². The number of hydrogen-bond acceptors (Lipinski definition) is 3. The van der Waals surface area contributed by atoms with E-state index in [1.807, 2.05) is 66.4 Å². The number of fused-ring (bicyclic) bond motifs is 1. The minimum absolute atomic E-state index is 0.0589. The molecule has 1 aromatic heterocycles. The van der Waals surface area contributed by atoms with E-state index >= 15 is 0 Å². The molecule has 1 aliphatic heterocycles. The maximum absolute atomic E-state index is 12.9. The second-order valence-electron chi connectivity index (χ2n) is 8.60. The van der Waals surface area contributed by atoms with Crippen molar-refractivity contribution in [2.75, 3.05) is 11.9 Å². The molecule has 0 spiro atoms. The Kier molecular flexibility index (Phi) is 5.10. The van der Waals surface area contributed by atoms with E-state index in [1.165, 1.54) is 0 Å². The number of anilines is 1. The van der Waals surface area contributed by atoms with E-state index in [-0.39, 0.29) is 17.7 Å². The van der Waals surface area contributed by atoms with Crippen molar-refractivity contribution < 1.29 is 14.0 Å². The molecule has 1 fully saturated rings. The average Bonchev–Trinajstić information content (AvgIpc) is 3.16. The van der Waals surface area contributed by atoms with Crippen LogP contribution < -0.4 is 5.32 Å². The maximum Gasteiger partial charge on any atom is 0.254 e. The summed E-state index contributed by atoms with van der Waals surface area (Å²) in [6, 6.07) is 17.5. The Hall–Kier alpha value is -3.34. The monoisotopic (exact) mass is 414 g/mol. The van der Waals surface area contributed by atoms with Crippen molar-refractivity contribution in [1.29, 1.82) is 0 Å². The number of carbonyl (C=O) groups is 2. The summed E-state index contributed by atoms with van der Waals surface area (Å²) in [6.45, 7) is 3.21. The van der Waals surface area contributed by atoms with Crippen LogP contribution in [0.25, 0.3) is 11.3 Å². The van der Waals surface area contributed by atoms with Gasteiger partial charge in [-0.2, -0.15) is 0 Å². The molecular formula is C26H26N2O3. The third-order valence-corrected chi connectivity index (χ3v) is 6.33. The quantitative estimate of drug-likeness (QED) is 0.639. The van der Waals surface area contributed by atoms with Crippen LogP contribution in [0.1, 0.15) is 46.5 Å². The Labute approximate surface area is 182 Å². The van der Waals surface area contributed by atoms with E-state index in [1.54, 1.807) is 0 Å². The molecular weight excluding hydrogens is 388 g/mol. The molecule has 5 rings (SSSR count). The fraction of sp³-hybridized carbons (Fsp3) is 0.308. The van der Waals surface area contributed by atoms with Crippen molar-refractivity contribution in [2.45, 2.75) is 39.2 Å². The molecule has 0 bridgehead atoms. The molecule has 31 heavy (non-hydrogen) atoms. The highest BCUT2D eigenvalue weighted by Crippen LogP contribution is 2.31. The van der Waals surface area contributed by atoms with Crippen LogP contribution in [0.15, 0.2) is 59.0 Å². The number of carbonyl (C=O) groups excluding carboxylic acids is 2. The zero-order chi connectivity index (χ0) is 21.4. The summed E-state index contributed by atoms with van der Waals surface area (Å²) in [4.78, 5) is 26.9. The Balaban J connectivity index is 1.28. The summed E-state index contributed by atoms with van der Waals surface area (Å²) in [6.07, 6.45) is 3.84. The van der Waals surface area contributed by atoms with Crippen LogP contribution in [0.4, 0.5) is 5.69 Å². The van der Waals surface area contributed by atoms with E-state index < -0.39 is 0 Å². The number of nitrogens with one attached hydrogen (secondary N) is 1. The molecule has 3 aromatic rings. The molecule has 2 amide bonds. The lowest BCUT2D eigenvalue weighted by Gasteiger charge is -2.26. The van der Waals surface area contributed by atoms with E-state index in [9.17, 15) is 9.59 Å². The van der Waals surface area contributed by atoms with Gasteiger partial charge in [0.05, 0.1) is 0 Å². The highest BCUT2D eigenvalue weighted by molar-refractivity contribution is 5.94. The van der Waals surface area contributed by atoms with Gasteiger partial charge in [0, 0.05) is 47.8 Å². The fourth-order valence-corrected chi connectivity index (χ4v) is 4.24. The first-order valence-electron chi connectivity index (χ1n) is 11.0. The molecule has 1 aliphatic carbocycles. The van der Waals surface area contributed by atoms with Crippen molar-refractivity contribution in [3.63, 3.8) is 0 Å². The molecule has 5 heteroatoms. The van der Waals surface area contributed by atoms with Gasteiger partial charge in [0.15, 0.2) is 0 Å². The van der Waals surface area contributed by atoms with Crippen molar-refractivity contribution in [3.8, 4) is 11.3 Å². The summed E-state index contributed by atoms with van der Waals surface area (Å²) >= 11 is 0. The second-order valence-corrected chi connectivity index (χ2v) is 8.60. The SMILES string of the molecule is Cc1cccc(C(=O)N2CCc3oc(-c4ccc(NC(=O)C5CCC5)cc4)cc3C2)c1. The summed E-state index contributed by atoms with van der Waals surface area (Å²) < 4.78 is 6.11. The van der Waals surface area contributed by atoms with Gasteiger partial charge in [0.25, 0.3) is 5.91 Å². The van der Waals surface area contributed by atoms with Crippen LogP contribution in [0.3, 0.4) is 0 Å². The van der Waals surface area contributed by atoms with Crippen LogP contribution in [-0.2, 0) is 17.8 Å². The van der Waals surface area contributed by atoms with Crippen molar-refractivity contribution >= 4 is 17.5 Å².